The lowest BCUT2D eigenvalue weighted by atomic mass is 9.96. The van der Waals surface area contributed by atoms with Gasteiger partial charge in [0.15, 0.2) is 0 Å². The van der Waals surface area contributed by atoms with Gasteiger partial charge in [-0.3, -0.25) is 19.5 Å². The van der Waals surface area contributed by atoms with E-state index in [2.05, 4.69) is 36.4 Å². The van der Waals surface area contributed by atoms with Crippen molar-refractivity contribution >= 4 is 28.6 Å². The molecule has 178 valence electrons. The highest BCUT2D eigenvalue weighted by Crippen LogP contribution is 2.46. The molecule has 1 unspecified atom stereocenters. The first-order valence-corrected chi connectivity index (χ1v) is 12.9. The van der Waals surface area contributed by atoms with Crippen molar-refractivity contribution in [2.75, 3.05) is 19.6 Å². The Balaban J connectivity index is 1.12. The fourth-order valence-corrected chi connectivity index (χ4v) is 5.71. The zero-order chi connectivity index (χ0) is 23.6. The summed E-state index contributed by atoms with van der Waals surface area (Å²) in [5.41, 5.74) is 3.59. The fourth-order valence-electron chi connectivity index (χ4n) is 5.71. The van der Waals surface area contributed by atoms with Crippen molar-refractivity contribution in [3.63, 3.8) is 0 Å². The molecule has 6 nitrogen and oxygen atoms in total. The lowest BCUT2D eigenvalue weighted by Gasteiger charge is -2.35. The average Bonchev–Trinajstić information content (AvgIpc) is 3.81. The maximum Gasteiger partial charge on any atom is 0.256 e. The lowest BCUT2D eigenvalue weighted by molar-refractivity contribution is -0.134. The third-order valence-electron chi connectivity index (χ3n) is 8.07. The van der Waals surface area contributed by atoms with Crippen LogP contribution in [0.2, 0.25) is 0 Å². The topological polar surface area (TPSA) is 66.1 Å². The Hall–Kier alpha value is -3.41. The second kappa shape index (κ2) is 7.80. The van der Waals surface area contributed by atoms with Gasteiger partial charge in [-0.15, -0.1) is 0 Å². The van der Waals surface area contributed by atoms with Gasteiger partial charge in [0.25, 0.3) is 5.91 Å². The molecule has 1 spiro atoms. The van der Waals surface area contributed by atoms with Crippen LogP contribution in [0.25, 0.3) is 22.1 Å². The number of amides is 2. The van der Waals surface area contributed by atoms with Crippen molar-refractivity contribution in [3.8, 4) is 11.1 Å². The van der Waals surface area contributed by atoms with Gasteiger partial charge < -0.3 is 9.32 Å². The third-order valence-corrected chi connectivity index (χ3v) is 8.07. The summed E-state index contributed by atoms with van der Waals surface area (Å²) in [6.45, 7) is 2.26. The Morgan fingerprint density at radius 2 is 1.77 bits per heavy atom. The van der Waals surface area contributed by atoms with Crippen molar-refractivity contribution in [2.45, 2.75) is 44.1 Å². The first-order chi connectivity index (χ1) is 17.1. The summed E-state index contributed by atoms with van der Waals surface area (Å²) in [5.74, 6) is 1.82. The Morgan fingerprint density at radius 3 is 2.54 bits per heavy atom. The standard InChI is InChI=1S/C29H29N3O3/c33-27(22-7-8-22)31-14-1-2-19(17-31)18-32-26(30-29(12-13-29)28(32)34)21-5-3-20(4-6-21)23-9-10-25-24(16-23)11-15-35-25/h3-6,9-11,15-16,19,22H,1-2,7-8,12-14,17-18H2. The number of aliphatic imine (C=N–C) groups is 1. The van der Waals surface area contributed by atoms with E-state index in [1.807, 2.05) is 21.9 Å². The second-order valence-corrected chi connectivity index (χ2v) is 10.7. The molecule has 2 amide bonds. The molecule has 7 rings (SSSR count). The maximum atomic E-state index is 13.4. The molecule has 0 radical (unpaired) electrons. The number of furan rings is 1. The molecule has 3 aromatic rings. The molecule has 1 saturated heterocycles. The van der Waals surface area contributed by atoms with Gasteiger partial charge in [0.1, 0.15) is 17.0 Å². The van der Waals surface area contributed by atoms with E-state index in [-0.39, 0.29) is 11.8 Å². The highest BCUT2D eigenvalue weighted by atomic mass is 16.3. The number of carbonyl (C=O) groups is 2. The molecule has 1 atom stereocenters. The minimum atomic E-state index is -0.529. The summed E-state index contributed by atoms with van der Waals surface area (Å²) < 4.78 is 5.46. The third kappa shape index (κ3) is 3.67. The summed E-state index contributed by atoms with van der Waals surface area (Å²) in [6.07, 6.45) is 7.53. The number of nitrogens with zero attached hydrogens (tertiary/aromatic N) is 3. The van der Waals surface area contributed by atoms with Crippen LogP contribution in [0, 0.1) is 11.8 Å². The molecule has 2 aliphatic heterocycles. The van der Waals surface area contributed by atoms with Gasteiger partial charge in [0.2, 0.25) is 5.91 Å². The number of fused-ring (bicyclic) bond motifs is 1. The number of hydrogen-bond acceptors (Lipinski definition) is 4. The molecule has 6 heteroatoms. The SMILES string of the molecule is O=C(C1CC1)N1CCCC(CN2C(=O)C3(CC3)N=C2c2ccc(-c3ccc4occc4c3)cc2)C1. The number of carbonyl (C=O) groups excluding carboxylic acids is 2. The van der Waals surface area contributed by atoms with Gasteiger partial charge in [-0.25, -0.2) is 0 Å². The Morgan fingerprint density at radius 1 is 1.00 bits per heavy atom. The molecular weight excluding hydrogens is 438 g/mol. The van der Waals surface area contributed by atoms with Gasteiger partial charge >= 0.3 is 0 Å². The van der Waals surface area contributed by atoms with Crippen LogP contribution in [-0.2, 0) is 9.59 Å². The van der Waals surface area contributed by atoms with Crippen LogP contribution in [-0.4, -0.2) is 52.6 Å². The van der Waals surface area contributed by atoms with Gasteiger partial charge in [0.05, 0.1) is 6.26 Å². The molecule has 1 aromatic heterocycles. The first kappa shape index (κ1) is 20.9. The van der Waals surface area contributed by atoms with E-state index in [0.717, 1.165) is 85.1 Å². The smallest absolute Gasteiger partial charge is 0.256 e. The highest BCUT2D eigenvalue weighted by molar-refractivity contribution is 6.16. The summed E-state index contributed by atoms with van der Waals surface area (Å²) in [4.78, 5) is 34.9. The molecule has 0 bridgehead atoms. The van der Waals surface area contributed by atoms with Crippen LogP contribution in [0.5, 0.6) is 0 Å². The summed E-state index contributed by atoms with van der Waals surface area (Å²) in [7, 11) is 0. The van der Waals surface area contributed by atoms with Crippen LogP contribution in [0.1, 0.15) is 44.1 Å². The number of hydrogen-bond donors (Lipinski definition) is 0. The first-order valence-electron chi connectivity index (χ1n) is 12.9. The van der Waals surface area contributed by atoms with Gasteiger partial charge in [0, 0.05) is 36.5 Å². The number of benzene rings is 2. The quantitative estimate of drug-likeness (QED) is 0.538. The molecule has 2 aliphatic carbocycles. The van der Waals surface area contributed by atoms with E-state index in [4.69, 9.17) is 9.41 Å². The number of amidine groups is 1. The molecular formula is C29H29N3O3. The monoisotopic (exact) mass is 467 g/mol. The van der Waals surface area contributed by atoms with Crippen LogP contribution in [0.15, 0.2) is 64.2 Å². The Bertz CT molecular complexity index is 1350. The molecule has 2 saturated carbocycles. The zero-order valence-electron chi connectivity index (χ0n) is 19.8. The van der Waals surface area contributed by atoms with E-state index in [9.17, 15) is 9.59 Å². The van der Waals surface area contributed by atoms with E-state index >= 15 is 0 Å². The van der Waals surface area contributed by atoms with Gasteiger partial charge in [-0.1, -0.05) is 30.3 Å². The minimum Gasteiger partial charge on any atom is -0.464 e. The Kier molecular flexibility index (Phi) is 4.66. The zero-order valence-corrected chi connectivity index (χ0v) is 19.8. The van der Waals surface area contributed by atoms with Crippen molar-refractivity contribution in [3.05, 3.63) is 60.4 Å². The molecule has 4 aliphatic rings. The van der Waals surface area contributed by atoms with Gasteiger partial charge in [-0.2, -0.15) is 0 Å². The van der Waals surface area contributed by atoms with Crippen LogP contribution < -0.4 is 0 Å². The predicted octanol–water partition coefficient (Wildman–Crippen LogP) is 4.87. The Labute approximate surface area is 204 Å². The van der Waals surface area contributed by atoms with Gasteiger partial charge in [-0.05, 0) is 73.8 Å². The summed E-state index contributed by atoms with van der Waals surface area (Å²) in [6, 6.07) is 16.6. The summed E-state index contributed by atoms with van der Waals surface area (Å²) in [5, 5.41) is 1.08. The predicted molar refractivity (Wildman–Crippen MR) is 134 cm³/mol. The van der Waals surface area contributed by atoms with Crippen molar-refractivity contribution < 1.29 is 14.0 Å². The van der Waals surface area contributed by atoms with Crippen molar-refractivity contribution in [1.82, 2.24) is 9.80 Å². The van der Waals surface area contributed by atoms with Crippen LogP contribution in [0.3, 0.4) is 0 Å². The molecule has 3 fully saturated rings. The molecule has 0 N–H and O–H groups in total. The van der Waals surface area contributed by atoms with Crippen LogP contribution in [0.4, 0.5) is 0 Å². The fraction of sp³-hybridized carbons (Fsp3) is 0.414. The minimum absolute atomic E-state index is 0.146. The lowest BCUT2D eigenvalue weighted by Crippen LogP contribution is -2.46. The normalized spacial score (nSPS) is 23.3. The van der Waals surface area contributed by atoms with Crippen molar-refractivity contribution in [1.29, 1.82) is 0 Å². The second-order valence-electron chi connectivity index (χ2n) is 10.7. The molecule has 35 heavy (non-hydrogen) atoms. The van der Waals surface area contributed by atoms with E-state index < -0.39 is 5.54 Å². The maximum absolute atomic E-state index is 13.4. The largest absolute Gasteiger partial charge is 0.464 e. The number of likely N-dealkylation sites (tertiary alicyclic amines) is 1. The number of piperidine rings is 1. The summed E-state index contributed by atoms with van der Waals surface area (Å²) >= 11 is 0. The average molecular weight is 468 g/mol. The van der Waals surface area contributed by atoms with E-state index in [0.29, 0.717) is 18.4 Å². The van der Waals surface area contributed by atoms with E-state index in [1.54, 1.807) is 6.26 Å². The highest BCUT2D eigenvalue weighted by Gasteiger charge is 2.57. The van der Waals surface area contributed by atoms with Crippen LogP contribution >= 0.6 is 0 Å². The number of rotatable bonds is 5. The van der Waals surface area contributed by atoms with E-state index in [1.165, 1.54) is 0 Å². The molecule has 2 aromatic carbocycles. The van der Waals surface area contributed by atoms with Crippen molar-refractivity contribution in [2.24, 2.45) is 16.8 Å². The molecule has 3 heterocycles.